The Morgan fingerprint density at radius 2 is 0.594 bits per heavy atom. The Bertz CT molecular complexity index is 8430. The van der Waals surface area contributed by atoms with Gasteiger partial charge in [0.05, 0.1) is 16.6 Å². The first-order valence-electron chi connectivity index (χ1n) is 43.3. The van der Waals surface area contributed by atoms with Gasteiger partial charge in [-0.3, -0.25) is 15.0 Å². The molecule has 6 aliphatic heterocycles. The first-order chi connectivity index (χ1) is 63.6. The number of rotatable bonds is 6. The van der Waals surface area contributed by atoms with Crippen LogP contribution in [0.5, 0.6) is 69.0 Å². The third-order valence-electron chi connectivity index (χ3n) is 25.3. The molecule has 0 aliphatic carbocycles. The van der Waals surface area contributed by atoms with Crippen LogP contribution in [0.3, 0.4) is 0 Å². The number of benzene rings is 14. The van der Waals surface area contributed by atoms with Crippen LogP contribution in [0.2, 0.25) is 0 Å². The Balaban J connectivity index is 0.000000112. The predicted molar refractivity (Wildman–Crippen MR) is 509 cm³/mol. The number of aromatic nitrogens is 8. The maximum absolute atomic E-state index is 6.82. The van der Waals surface area contributed by atoms with Gasteiger partial charge in [-0.15, -0.1) is 123 Å². The molecule has 8 aromatic heterocycles. The number of ether oxygens (including phenoxy) is 6. The van der Waals surface area contributed by atoms with Crippen LogP contribution < -0.4 is 77.6 Å². The van der Waals surface area contributed by atoms with Crippen molar-refractivity contribution in [2.24, 2.45) is 0 Å². The first-order valence-corrected chi connectivity index (χ1v) is 43.3. The molecule has 0 saturated heterocycles. The zero-order valence-corrected chi connectivity index (χ0v) is 78.5. The van der Waals surface area contributed by atoms with Crippen molar-refractivity contribution in [3.8, 4) is 126 Å². The molecule has 0 fully saturated rings. The summed E-state index contributed by atoms with van der Waals surface area (Å²) in [4.78, 5) is 28.2. The third-order valence-corrected chi connectivity index (χ3v) is 25.3. The van der Waals surface area contributed by atoms with Crippen LogP contribution in [0.15, 0.2) is 311 Å². The van der Waals surface area contributed by atoms with Crippen LogP contribution in [0.25, 0.3) is 134 Å². The fourth-order valence-corrected chi connectivity index (χ4v) is 19.1. The van der Waals surface area contributed by atoms with Gasteiger partial charge in [0, 0.05) is 80.5 Å². The molecule has 0 spiro atoms. The maximum atomic E-state index is 6.82. The van der Waals surface area contributed by atoms with Crippen molar-refractivity contribution >= 4 is 146 Å². The number of para-hydroxylation sites is 8. The quantitative estimate of drug-likeness (QED) is 0.113. The number of hydrogen-bond acceptors (Lipinski definition) is 15. The van der Waals surface area contributed by atoms with Gasteiger partial charge >= 0.3 is 63.2 Å². The average Bonchev–Trinajstić information content (AvgIpc) is 1.66. The van der Waals surface area contributed by atoms with Crippen LogP contribution in [0.4, 0.5) is 0 Å². The summed E-state index contributed by atoms with van der Waals surface area (Å²) in [7, 11) is 0. The molecule has 640 valence electrons. The smallest absolute Gasteiger partial charge is 0.518 e. The normalized spacial score (nSPS) is 12.9. The van der Waals surface area contributed by atoms with E-state index in [4.69, 9.17) is 66.6 Å². The van der Waals surface area contributed by atoms with Gasteiger partial charge < -0.3 is 55.8 Å². The standard InChI is InChI=1S/C40H26BN3O3.C36H18BN3O3.C34H23BN2O3.3Pt/c1-40(2,3)24-19-35-38-36(20-24)46-34-21-26-25-10-4-6-12-30(25)44(37-14-8-9-17-42-37)31(26)22-28(34)41(38)27-18-23(15-16-32(27)45-35)39-43-29-11-5-7-13-33(29)47-39;1-3-10-27-22(8-1)23-19-33-25(20-28(23)40(27)34-14-5-6-17-38-34)37-24-18-21(36-39-26-9-2-4-11-30(26)43-36)15-16-29(24)41-31-12-7-13-32(42-33)35(31)37;1-34(2,3)22-18-30-32-31(19-22)39-28-14-12-21(33-37-26-9-4-5-10-29(26)40-33)17-24(28)35(32)23-16-20(11-13-27(23)38-30)25-8-6-7-15-36-25;;;/h4-17,19-21H,1-3H3;1-17,19H;4-15,18-19H,1-3H3;;;/q3*-2;3*+2. The molecule has 14 aromatic carbocycles. The molecular weight excluding hydrogens is 2190 g/mol. The minimum atomic E-state index is -0.245. The van der Waals surface area contributed by atoms with Crippen molar-refractivity contribution in [3.63, 3.8) is 0 Å². The summed E-state index contributed by atoms with van der Waals surface area (Å²) in [6.07, 6.45) is 5.44. The summed E-state index contributed by atoms with van der Waals surface area (Å²) >= 11 is 0. The Morgan fingerprint density at radius 3 is 0.970 bits per heavy atom. The second-order valence-corrected chi connectivity index (χ2v) is 35.3. The molecule has 22 aromatic rings. The predicted octanol–water partition coefficient (Wildman–Crippen LogP) is 20.1. The van der Waals surface area contributed by atoms with E-state index in [9.17, 15) is 0 Å². The second kappa shape index (κ2) is 32.0. The minimum Gasteiger partial charge on any atom is -0.518 e. The van der Waals surface area contributed by atoms with Crippen LogP contribution in [-0.4, -0.2) is 59.2 Å². The first kappa shape index (κ1) is 83.0. The molecule has 0 atom stereocenters. The van der Waals surface area contributed by atoms with Crippen molar-refractivity contribution in [1.29, 1.82) is 0 Å². The van der Waals surface area contributed by atoms with Gasteiger partial charge in [-0.1, -0.05) is 183 Å². The van der Waals surface area contributed by atoms with E-state index in [1.165, 1.54) is 0 Å². The monoisotopic (exact) mass is 2260 g/mol. The average molecular weight is 2260 g/mol. The maximum Gasteiger partial charge on any atom is 2.00 e. The second-order valence-electron chi connectivity index (χ2n) is 35.3. The topological polar surface area (TPSA) is 182 Å². The van der Waals surface area contributed by atoms with Crippen LogP contribution in [0, 0.1) is 36.4 Å². The van der Waals surface area contributed by atoms with Crippen molar-refractivity contribution in [2.75, 3.05) is 0 Å². The SMILES string of the molecule is CC(C)(C)c1cc2c3c(c1)Oc1cc4c5ccccc5n(-c5ccccn5)c4[c-]c1B3c1[c-]c(-c3nc4ccccc4o3)ccc1O2.CC(C)(C)c1cc2c3c(c1)Oc1ccc(-c4nc5ccccc5o4)[c-]c1B3c1[c-]c(-c3ccccn3)ccc1O2.[Pt+2].[Pt+2].[Pt+2].[c-]1c(-c2nc3ccccc3o2)ccc2c1B1c3[c-]c4c(cc3Oc3cccc(c31)O2)c1ccccc1n4-c1ccccn1. The van der Waals surface area contributed by atoms with E-state index < -0.39 is 0 Å². The number of pyridine rings is 3. The van der Waals surface area contributed by atoms with Crippen LogP contribution >= 0.6 is 0 Å². The van der Waals surface area contributed by atoms with E-state index >= 15 is 0 Å². The van der Waals surface area contributed by atoms with Gasteiger partial charge in [0.2, 0.25) is 20.1 Å². The fraction of sp³-hybridized carbons (Fsp3) is 0.0727. The Hall–Kier alpha value is -14.4. The summed E-state index contributed by atoms with van der Waals surface area (Å²) in [5.74, 6) is 12.5. The molecule has 17 nitrogen and oxygen atoms in total. The number of oxazole rings is 3. The molecule has 0 amide bonds. The van der Waals surface area contributed by atoms with E-state index in [1.807, 2.05) is 207 Å². The van der Waals surface area contributed by atoms with Crippen LogP contribution in [0.1, 0.15) is 52.7 Å². The van der Waals surface area contributed by atoms with E-state index in [0.717, 1.165) is 246 Å². The zero-order chi connectivity index (χ0) is 86.5. The van der Waals surface area contributed by atoms with Gasteiger partial charge in [-0.25, -0.2) is 9.97 Å². The molecule has 0 saturated carbocycles. The Kier molecular flexibility index (Phi) is 19.9. The van der Waals surface area contributed by atoms with E-state index in [-0.39, 0.29) is 94.2 Å². The number of hydrogen-bond donors (Lipinski definition) is 0. The summed E-state index contributed by atoms with van der Waals surface area (Å²) in [6.45, 7) is 12.5. The van der Waals surface area contributed by atoms with E-state index in [0.29, 0.717) is 17.7 Å². The molecule has 0 bridgehead atoms. The molecule has 0 N–H and O–H groups in total. The summed E-state index contributed by atoms with van der Waals surface area (Å²) < 4.78 is 62.3. The van der Waals surface area contributed by atoms with E-state index in [2.05, 4.69) is 177 Å². The molecule has 14 heterocycles. The van der Waals surface area contributed by atoms with Crippen LogP contribution in [-0.2, 0) is 74.0 Å². The number of nitrogens with zero attached hydrogens (tertiary/aromatic N) is 8. The summed E-state index contributed by atoms with van der Waals surface area (Å²) in [6, 6.07) is 115. The van der Waals surface area contributed by atoms with Gasteiger partial charge in [-0.2, -0.15) is 12.1 Å². The fourth-order valence-electron chi connectivity index (χ4n) is 19.1. The van der Waals surface area contributed by atoms with Gasteiger partial charge in [0.15, 0.2) is 0 Å². The zero-order valence-electron chi connectivity index (χ0n) is 71.7. The summed E-state index contributed by atoms with van der Waals surface area (Å²) in [5.41, 5.74) is 23.2. The minimum absolute atomic E-state index is 0. The molecule has 0 unspecified atom stereocenters. The van der Waals surface area contributed by atoms with Crippen molar-refractivity contribution < 1.29 is 105 Å². The molecule has 0 radical (unpaired) electrons. The number of fused-ring (bicyclic) bond motifs is 21. The van der Waals surface area contributed by atoms with Crippen molar-refractivity contribution in [3.05, 3.63) is 345 Å². The third kappa shape index (κ3) is 13.7. The van der Waals surface area contributed by atoms with Gasteiger partial charge in [0.25, 0.3) is 0 Å². The molecular formula is C110H67B3N8O9Pt3. The molecule has 28 rings (SSSR count). The summed E-state index contributed by atoms with van der Waals surface area (Å²) in [5, 5.41) is 4.33. The molecule has 23 heteroatoms. The van der Waals surface area contributed by atoms with Gasteiger partial charge in [0.1, 0.15) is 80.6 Å². The molecule has 133 heavy (non-hydrogen) atoms. The Morgan fingerprint density at radius 1 is 0.271 bits per heavy atom. The van der Waals surface area contributed by atoms with Crippen molar-refractivity contribution in [1.82, 2.24) is 39.0 Å². The van der Waals surface area contributed by atoms with Gasteiger partial charge in [-0.05, 0) is 154 Å². The largest absolute Gasteiger partial charge is 2.00 e. The molecule has 6 aliphatic rings. The Labute approximate surface area is 807 Å². The van der Waals surface area contributed by atoms with E-state index in [1.54, 1.807) is 6.20 Å². The van der Waals surface area contributed by atoms with Crippen molar-refractivity contribution in [2.45, 2.75) is 52.4 Å².